The SMILES string of the molecule is COCCCN(C)c1cc(C)c(F)cc1C(C)N. The molecular formula is C14H23FN2O. The van der Waals surface area contributed by atoms with E-state index in [1.807, 2.05) is 20.0 Å². The highest BCUT2D eigenvalue weighted by Gasteiger charge is 2.13. The topological polar surface area (TPSA) is 38.5 Å². The lowest BCUT2D eigenvalue weighted by Crippen LogP contribution is -2.23. The minimum Gasteiger partial charge on any atom is -0.385 e. The van der Waals surface area contributed by atoms with Gasteiger partial charge in [-0.2, -0.15) is 0 Å². The Morgan fingerprint density at radius 2 is 2.11 bits per heavy atom. The predicted molar refractivity (Wildman–Crippen MR) is 73.5 cm³/mol. The summed E-state index contributed by atoms with van der Waals surface area (Å²) in [5, 5.41) is 0. The highest BCUT2D eigenvalue weighted by atomic mass is 19.1. The Bertz CT molecular complexity index is 394. The van der Waals surface area contributed by atoms with Gasteiger partial charge < -0.3 is 15.4 Å². The molecule has 0 aliphatic carbocycles. The van der Waals surface area contributed by atoms with Crippen molar-refractivity contribution in [3.8, 4) is 0 Å². The van der Waals surface area contributed by atoms with E-state index in [9.17, 15) is 4.39 Å². The molecule has 0 spiro atoms. The first-order chi connectivity index (χ1) is 8.47. The predicted octanol–water partition coefficient (Wildman–Crippen LogP) is 2.63. The summed E-state index contributed by atoms with van der Waals surface area (Å²) >= 11 is 0. The average molecular weight is 254 g/mol. The normalized spacial score (nSPS) is 12.6. The third-order valence-electron chi connectivity index (χ3n) is 3.05. The van der Waals surface area contributed by atoms with E-state index in [-0.39, 0.29) is 11.9 Å². The molecule has 0 aliphatic heterocycles. The lowest BCUT2D eigenvalue weighted by atomic mass is 10.0. The standard InChI is InChI=1S/C14H23FN2O/c1-10-8-14(17(3)6-5-7-18-4)12(11(2)16)9-13(10)15/h8-9,11H,5-7,16H2,1-4H3. The molecular weight excluding hydrogens is 231 g/mol. The number of hydrogen-bond donors (Lipinski definition) is 1. The summed E-state index contributed by atoms with van der Waals surface area (Å²) in [6.45, 7) is 5.22. The number of halogens is 1. The van der Waals surface area contributed by atoms with Crippen LogP contribution in [0.1, 0.15) is 30.5 Å². The Morgan fingerprint density at radius 3 is 2.67 bits per heavy atom. The highest BCUT2D eigenvalue weighted by molar-refractivity contribution is 5.56. The van der Waals surface area contributed by atoms with Gasteiger partial charge in [-0.1, -0.05) is 0 Å². The van der Waals surface area contributed by atoms with Crippen molar-refractivity contribution in [3.05, 3.63) is 29.1 Å². The molecule has 0 aliphatic rings. The molecule has 0 aromatic heterocycles. The van der Waals surface area contributed by atoms with Crippen LogP contribution in [0.5, 0.6) is 0 Å². The molecule has 0 fully saturated rings. The zero-order chi connectivity index (χ0) is 13.7. The van der Waals surface area contributed by atoms with E-state index >= 15 is 0 Å². The molecule has 18 heavy (non-hydrogen) atoms. The van der Waals surface area contributed by atoms with Gasteiger partial charge in [0.15, 0.2) is 0 Å². The zero-order valence-electron chi connectivity index (χ0n) is 11.7. The van der Waals surface area contributed by atoms with E-state index in [0.29, 0.717) is 5.56 Å². The Morgan fingerprint density at radius 1 is 1.44 bits per heavy atom. The summed E-state index contributed by atoms with van der Waals surface area (Å²) in [6.07, 6.45) is 0.932. The number of nitrogens with zero attached hydrogens (tertiary/aromatic N) is 1. The van der Waals surface area contributed by atoms with Crippen molar-refractivity contribution in [1.82, 2.24) is 0 Å². The van der Waals surface area contributed by atoms with Crippen LogP contribution in [0.25, 0.3) is 0 Å². The average Bonchev–Trinajstić information content (AvgIpc) is 2.32. The van der Waals surface area contributed by atoms with Gasteiger partial charge in [0.05, 0.1) is 0 Å². The molecule has 0 saturated heterocycles. The fourth-order valence-corrected chi connectivity index (χ4v) is 1.94. The van der Waals surface area contributed by atoms with Crippen LogP contribution in [-0.4, -0.2) is 27.3 Å². The van der Waals surface area contributed by atoms with Gasteiger partial charge >= 0.3 is 0 Å². The number of rotatable bonds is 6. The van der Waals surface area contributed by atoms with Gasteiger partial charge in [0.25, 0.3) is 0 Å². The number of anilines is 1. The van der Waals surface area contributed by atoms with E-state index in [4.69, 9.17) is 10.5 Å². The molecule has 3 nitrogen and oxygen atoms in total. The second-order valence-electron chi connectivity index (χ2n) is 4.72. The largest absolute Gasteiger partial charge is 0.385 e. The van der Waals surface area contributed by atoms with Crippen molar-refractivity contribution in [2.24, 2.45) is 5.73 Å². The molecule has 0 radical (unpaired) electrons. The van der Waals surface area contributed by atoms with Crippen LogP contribution in [0, 0.1) is 12.7 Å². The number of aryl methyl sites for hydroxylation is 1. The molecule has 0 bridgehead atoms. The van der Waals surface area contributed by atoms with Crippen molar-refractivity contribution in [3.63, 3.8) is 0 Å². The Balaban J connectivity index is 2.94. The summed E-state index contributed by atoms with van der Waals surface area (Å²) in [5.74, 6) is -0.198. The molecule has 0 amide bonds. The van der Waals surface area contributed by atoms with E-state index in [2.05, 4.69) is 4.90 Å². The van der Waals surface area contributed by atoms with Crippen LogP contribution in [0.15, 0.2) is 12.1 Å². The third-order valence-corrected chi connectivity index (χ3v) is 3.05. The molecule has 1 atom stereocenters. The number of hydrogen-bond acceptors (Lipinski definition) is 3. The fraction of sp³-hybridized carbons (Fsp3) is 0.571. The second kappa shape index (κ2) is 6.71. The van der Waals surface area contributed by atoms with Gasteiger partial charge in [0, 0.05) is 39.0 Å². The fourth-order valence-electron chi connectivity index (χ4n) is 1.94. The summed E-state index contributed by atoms with van der Waals surface area (Å²) in [7, 11) is 3.68. The van der Waals surface area contributed by atoms with Crippen LogP contribution in [0.3, 0.4) is 0 Å². The van der Waals surface area contributed by atoms with Gasteiger partial charge in [0.1, 0.15) is 5.82 Å². The maximum atomic E-state index is 13.6. The minimum absolute atomic E-state index is 0.181. The smallest absolute Gasteiger partial charge is 0.126 e. The quantitative estimate of drug-likeness (QED) is 0.793. The number of ether oxygens (including phenoxy) is 1. The summed E-state index contributed by atoms with van der Waals surface area (Å²) in [5.41, 5.74) is 8.40. The number of benzene rings is 1. The van der Waals surface area contributed by atoms with Crippen molar-refractivity contribution < 1.29 is 9.13 Å². The van der Waals surface area contributed by atoms with Crippen molar-refractivity contribution in [2.75, 3.05) is 32.2 Å². The summed E-state index contributed by atoms with van der Waals surface area (Å²) in [6, 6.07) is 3.23. The first-order valence-corrected chi connectivity index (χ1v) is 6.23. The molecule has 0 saturated carbocycles. The molecule has 102 valence electrons. The summed E-state index contributed by atoms with van der Waals surface area (Å²) in [4.78, 5) is 2.10. The first-order valence-electron chi connectivity index (χ1n) is 6.23. The minimum atomic E-state index is -0.198. The molecule has 1 aromatic rings. The highest BCUT2D eigenvalue weighted by Crippen LogP contribution is 2.27. The van der Waals surface area contributed by atoms with E-state index in [1.165, 1.54) is 0 Å². The van der Waals surface area contributed by atoms with Crippen LogP contribution in [-0.2, 0) is 4.74 Å². The first kappa shape index (κ1) is 14.9. The van der Waals surface area contributed by atoms with Crippen LogP contribution >= 0.6 is 0 Å². The summed E-state index contributed by atoms with van der Waals surface area (Å²) < 4.78 is 18.6. The molecule has 1 aromatic carbocycles. The number of nitrogens with two attached hydrogens (primary N) is 1. The van der Waals surface area contributed by atoms with Gasteiger partial charge in [-0.05, 0) is 43.5 Å². The van der Waals surface area contributed by atoms with Crippen LogP contribution in [0.2, 0.25) is 0 Å². The maximum Gasteiger partial charge on any atom is 0.126 e. The lowest BCUT2D eigenvalue weighted by Gasteiger charge is -2.24. The van der Waals surface area contributed by atoms with Crippen molar-refractivity contribution >= 4 is 5.69 Å². The third kappa shape index (κ3) is 3.68. The van der Waals surface area contributed by atoms with Gasteiger partial charge in [0.2, 0.25) is 0 Å². The van der Waals surface area contributed by atoms with E-state index in [0.717, 1.165) is 30.8 Å². The van der Waals surface area contributed by atoms with Gasteiger partial charge in [-0.25, -0.2) is 4.39 Å². The maximum absolute atomic E-state index is 13.6. The van der Waals surface area contributed by atoms with Crippen LogP contribution in [0.4, 0.5) is 10.1 Å². The van der Waals surface area contributed by atoms with Gasteiger partial charge in [-0.3, -0.25) is 0 Å². The Kier molecular flexibility index (Phi) is 5.56. The molecule has 4 heteroatoms. The van der Waals surface area contributed by atoms with Crippen molar-refractivity contribution in [2.45, 2.75) is 26.3 Å². The molecule has 1 unspecified atom stereocenters. The van der Waals surface area contributed by atoms with Crippen LogP contribution < -0.4 is 10.6 Å². The zero-order valence-corrected chi connectivity index (χ0v) is 11.7. The van der Waals surface area contributed by atoms with E-state index < -0.39 is 0 Å². The monoisotopic (exact) mass is 254 g/mol. The Labute approximate surface area is 109 Å². The molecule has 1 rings (SSSR count). The number of methoxy groups -OCH3 is 1. The second-order valence-corrected chi connectivity index (χ2v) is 4.72. The Hall–Kier alpha value is -1.13. The molecule has 0 heterocycles. The van der Waals surface area contributed by atoms with Crippen molar-refractivity contribution in [1.29, 1.82) is 0 Å². The van der Waals surface area contributed by atoms with E-state index in [1.54, 1.807) is 20.1 Å². The molecule has 2 N–H and O–H groups in total. The lowest BCUT2D eigenvalue weighted by molar-refractivity contribution is 0.196. The van der Waals surface area contributed by atoms with Gasteiger partial charge in [-0.15, -0.1) is 0 Å².